The van der Waals surface area contributed by atoms with Crippen LogP contribution in [0.1, 0.15) is 24.2 Å². The Balaban J connectivity index is 1.75. The second-order valence-corrected chi connectivity index (χ2v) is 5.87. The summed E-state index contributed by atoms with van der Waals surface area (Å²) in [7, 11) is 2.09. The van der Waals surface area contributed by atoms with Crippen LogP contribution in [-0.4, -0.2) is 46.3 Å². The van der Waals surface area contributed by atoms with Gasteiger partial charge in [0.2, 0.25) is 0 Å². The van der Waals surface area contributed by atoms with Gasteiger partial charge in [-0.3, -0.25) is 4.98 Å². The molecule has 1 aliphatic heterocycles. The van der Waals surface area contributed by atoms with Crippen LogP contribution in [0.5, 0.6) is 0 Å². The van der Waals surface area contributed by atoms with E-state index in [1.54, 1.807) is 6.20 Å². The monoisotopic (exact) mass is 298 g/mol. The summed E-state index contributed by atoms with van der Waals surface area (Å²) in [5.74, 6) is 1.93. The van der Waals surface area contributed by atoms with Crippen molar-refractivity contribution in [3.05, 3.63) is 35.9 Å². The van der Waals surface area contributed by atoms with E-state index in [4.69, 9.17) is 0 Å². The summed E-state index contributed by atoms with van der Waals surface area (Å²) < 4.78 is 0. The molecule has 0 radical (unpaired) electrons. The van der Waals surface area contributed by atoms with E-state index in [2.05, 4.69) is 37.0 Å². The first-order valence-electron chi connectivity index (χ1n) is 7.71. The van der Waals surface area contributed by atoms with Crippen molar-refractivity contribution in [1.82, 2.24) is 20.2 Å². The van der Waals surface area contributed by atoms with E-state index in [1.165, 1.54) is 12.8 Å². The molecule has 6 nitrogen and oxygen atoms in total. The first-order chi connectivity index (χ1) is 10.6. The number of hydrogen-bond acceptors (Lipinski definition) is 6. The van der Waals surface area contributed by atoms with Crippen LogP contribution in [0.4, 0.5) is 11.6 Å². The Morgan fingerprint density at radius 3 is 3.00 bits per heavy atom. The second-order valence-electron chi connectivity index (χ2n) is 5.87. The molecule has 0 bridgehead atoms. The van der Waals surface area contributed by atoms with Gasteiger partial charge in [0.15, 0.2) is 5.82 Å². The summed E-state index contributed by atoms with van der Waals surface area (Å²) in [6.45, 7) is 5.93. The number of anilines is 2. The van der Waals surface area contributed by atoms with Crippen LogP contribution in [0.25, 0.3) is 0 Å². The number of rotatable bonds is 4. The number of likely N-dealkylation sites (N-methyl/N-ethyl adjacent to an activating group) is 1. The number of hydrogen-bond donors (Lipinski definition) is 0. The smallest absolute Gasteiger partial charge is 0.151 e. The van der Waals surface area contributed by atoms with Crippen LogP contribution >= 0.6 is 0 Å². The molecule has 3 rings (SSSR count). The molecule has 1 atom stereocenters. The van der Waals surface area contributed by atoms with E-state index in [1.807, 2.05) is 32.2 Å². The Bertz CT molecular complexity index is 630. The molecule has 0 aliphatic carbocycles. The van der Waals surface area contributed by atoms with Crippen molar-refractivity contribution >= 4 is 11.6 Å². The van der Waals surface area contributed by atoms with Gasteiger partial charge in [-0.05, 0) is 38.8 Å². The molecule has 22 heavy (non-hydrogen) atoms. The lowest BCUT2D eigenvalue weighted by molar-refractivity contribution is 0.641. The van der Waals surface area contributed by atoms with E-state index in [-0.39, 0.29) is 0 Å². The highest BCUT2D eigenvalue weighted by molar-refractivity contribution is 5.45. The summed E-state index contributed by atoms with van der Waals surface area (Å²) in [5, 5.41) is 8.25. The molecule has 1 fully saturated rings. The molecule has 6 heteroatoms. The van der Waals surface area contributed by atoms with Crippen molar-refractivity contribution in [2.45, 2.75) is 32.7 Å². The van der Waals surface area contributed by atoms with E-state index >= 15 is 0 Å². The molecule has 1 unspecified atom stereocenters. The second kappa shape index (κ2) is 6.25. The maximum atomic E-state index is 4.63. The topological polar surface area (TPSA) is 58.0 Å². The highest BCUT2D eigenvalue weighted by Crippen LogP contribution is 2.25. The Morgan fingerprint density at radius 1 is 1.36 bits per heavy atom. The summed E-state index contributed by atoms with van der Waals surface area (Å²) in [6, 6.07) is 4.41. The van der Waals surface area contributed by atoms with Crippen LogP contribution in [0.3, 0.4) is 0 Å². The van der Waals surface area contributed by atoms with E-state index in [9.17, 15) is 0 Å². The van der Waals surface area contributed by atoms with Gasteiger partial charge in [0, 0.05) is 38.6 Å². The van der Waals surface area contributed by atoms with Crippen molar-refractivity contribution in [2.75, 3.05) is 29.9 Å². The van der Waals surface area contributed by atoms with Gasteiger partial charge in [-0.25, -0.2) is 4.98 Å². The van der Waals surface area contributed by atoms with Gasteiger partial charge in [-0.15, -0.1) is 5.10 Å². The molecule has 1 aliphatic rings. The quantitative estimate of drug-likeness (QED) is 0.860. The lowest BCUT2D eigenvalue weighted by atomic mass is 10.2. The molecule has 0 aromatic carbocycles. The minimum atomic E-state index is 0.434. The molecular formula is C16H22N6. The van der Waals surface area contributed by atoms with Gasteiger partial charge < -0.3 is 9.80 Å². The summed E-state index contributed by atoms with van der Waals surface area (Å²) in [5.41, 5.74) is 1.92. The van der Waals surface area contributed by atoms with Gasteiger partial charge in [0.05, 0.1) is 11.4 Å². The van der Waals surface area contributed by atoms with Crippen LogP contribution in [-0.2, 0) is 0 Å². The summed E-state index contributed by atoms with van der Waals surface area (Å²) in [6.07, 6.45) is 5.88. The van der Waals surface area contributed by atoms with Gasteiger partial charge in [0.25, 0.3) is 0 Å². The minimum Gasteiger partial charge on any atom is -0.356 e. The first-order valence-corrected chi connectivity index (χ1v) is 7.71. The molecule has 2 aromatic heterocycles. The summed E-state index contributed by atoms with van der Waals surface area (Å²) in [4.78, 5) is 13.6. The molecule has 0 N–H and O–H groups in total. The van der Waals surface area contributed by atoms with Crippen LogP contribution in [0.2, 0.25) is 0 Å². The average Bonchev–Trinajstić information content (AvgIpc) is 2.98. The largest absolute Gasteiger partial charge is 0.356 e. The zero-order valence-electron chi connectivity index (χ0n) is 13.4. The lowest BCUT2D eigenvalue weighted by Crippen LogP contribution is -2.40. The Kier molecular flexibility index (Phi) is 4.18. The predicted octanol–water partition coefficient (Wildman–Crippen LogP) is 1.99. The minimum absolute atomic E-state index is 0.434. The molecule has 0 spiro atoms. The van der Waals surface area contributed by atoms with E-state index < -0.39 is 0 Å². The van der Waals surface area contributed by atoms with Crippen molar-refractivity contribution in [3.8, 4) is 0 Å². The fourth-order valence-corrected chi connectivity index (χ4v) is 3.06. The lowest BCUT2D eigenvalue weighted by Gasteiger charge is -2.30. The molecule has 3 heterocycles. The van der Waals surface area contributed by atoms with Gasteiger partial charge in [-0.1, -0.05) is 0 Å². The molecule has 2 aromatic rings. The number of aromatic nitrogens is 4. The van der Waals surface area contributed by atoms with E-state index in [0.717, 1.165) is 36.1 Å². The molecule has 116 valence electrons. The van der Waals surface area contributed by atoms with Crippen LogP contribution < -0.4 is 9.80 Å². The maximum Gasteiger partial charge on any atom is 0.151 e. The van der Waals surface area contributed by atoms with Crippen molar-refractivity contribution < 1.29 is 0 Å². The van der Waals surface area contributed by atoms with Gasteiger partial charge >= 0.3 is 0 Å². The van der Waals surface area contributed by atoms with Gasteiger partial charge in [0.1, 0.15) is 5.82 Å². The predicted molar refractivity (Wildman–Crippen MR) is 87.2 cm³/mol. The Labute approximate surface area is 131 Å². The first kappa shape index (κ1) is 14.7. The van der Waals surface area contributed by atoms with Crippen molar-refractivity contribution in [3.63, 3.8) is 0 Å². The molecule has 0 saturated carbocycles. The zero-order valence-corrected chi connectivity index (χ0v) is 13.4. The van der Waals surface area contributed by atoms with Crippen molar-refractivity contribution in [1.29, 1.82) is 0 Å². The highest BCUT2D eigenvalue weighted by Gasteiger charge is 2.27. The molecule has 0 amide bonds. The normalized spacial score (nSPS) is 17.8. The molecule has 1 saturated heterocycles. The highest BCUT2D eigenvalue weighted by atomic mass is 15.3. The number of aryl methyl sites for hydroxylation is 2. The van der Waals surface area contributed by atoms with Crippen LogP contribution in [0, 0.1) is 13.8 Å². The zero-order chi connectivity index (χ0) is 15.5. The van der Waals surface area contributed by atoms with Gasteiger partial charge in [-0.2, -0.15) is 5.10 Å². The summed E-state index contributed by atoms with van der Waals surface area (Å²) >= 11 is 0. The maximum absolute atomic E-state index is 4.63. The Morgan fingerprint density at radius 2 is 2.23 bits per heavy atom. The third kappa shape index (κ3) is 3.00. The third-order valence-electron chi connectivity index (χ3n) is 4.13. The van der Waals surface area contributed by atoms with Crippen molar-refractivity contribution in [2.24, 2.45) is 0 Å². The average molecular weight is 298 g/mol. The SMILES string of the molecule is Cc1cnc(C)c(N(C)CC2CCCN2c2cccnn2)n1. The standard InChI is InChI=1S/C16H22N6/c1-12-10-17-13(2)16(19-12)21(3)11-14-6-5-9-22(14)15-7-4-8-18-20-15/h4,7-8,10,14H,5-6,9,11H2,1-3H3. The number of nitrogens with zero attached hydrogens (tertiary/aromatic N) is 6. The third-order valence-corrected chi connectivity index (χ3v) is 4.13. The molecular weight excluding hydrogens is 276 g/mol. The Hall–Kier alpha value is -2.24. The fraction of sp³-hybridized carbons (Fsp3) is 0.500. The van der Waals surface area contributed by atoms with Crippen LogP contribution in [0.15, 0.2) is 24.5 Å². The van der Waals surface area contributed by atoms with E-state index in [0.29, 0.717) is 6.04 Å². The fourth-order valence-electron chi connectivity index (χ4n) is 3.06.